The summed E-state index contributed by atoms with van der Waals surface area (Å²) in [5, 5.41) is 9.59. The van der Waals surface area contributed by atoms with E-state index in [1.54, 1.807) is 30.3 Å². The van der Waals surface area contributed by atoms with Crippen LogP contribution in [-0.2, 0) is 6.42 Å². The number of aromatic hydroxyl groups is 1. The first kappa shape index (κ1) is 16.9. The van der Waals surface area contributed by atoms with Gasteiger partial charge in [-0.2, -0.15) is 0 Å². The normalized spacial score (nSPS) is 10.6. The van der Waals surface area contributed by atoms with Crippen molar-refractivity contribution >= 4 is 17.1 Å². The van der Waals surface area contributed by atoms with Gasteiger partial charge < -0.3 is 9.84 Å². The van der Waals surface area contributed by atoms with Crippen LogP contribution in [0.1, 0.15) is 20.8 Å². The van der Waals surface area contributed by atoms with Crippen molar-refractivity contribution in [3.63, 3.8) is 0 Å². The average molecular weight is 359 g/mol. The number of thiazole rings is 1. The maximum atomic E-state index is 13.5. The molecule has 0 spiro atoms. The molecule has 0 aliphatic heterocycles. The van der Waals surface area contributed by atoms with Crippen LogP contribution in [0.3, 0.4) is 0 Å². The van der Waals surface area contributed by atoms with E-state index >= 15 is 0 Å². The molecule has 0 atom stereocenters. The van der Waals surface area contributed by atoms with Crippen LogP contribution in [0.4, 0.5) is 4.39 Å². The molecule has 1 aromatic heterocycles. The van der Waals surface area contributed by atoms with E-state index in [4.69, 9.17) is 4.74 Å². The fourth-order valence-electron chi connectivity index (χ4n) is 2.27. The van der Waals surface area contributed by atoms with Crippen LogP contribution in [0.2, 0.25) is 0 Å². The number of carbonyl (C=O) groups excluding carboxylic acids is 1. The van der Waals surface area contributed by atoms with E-state index in [-0.39, 0.29) is 22.9 Å². The zero-order valence-corrected chi connectivity index (χ0v) is 13.8. The Bertz CT molecular complexity index is 946. The number of Topliss-reactive ketones (excluding diaryl/α,β-unsaturated/α-hetero) is 1. The Labute approximate surface area is 146 Å². The van der Waals surface area contributed by atoms with E-state index in [2.05, 4.69) is 4.98 Å². The minimum Gasteiger partial charge on any atom is -0.494 e. The highest BCUT2D eigenvalue weighted by atomic mass is 32.1. The predicted octanol–water partition coefficient (Wildman–Crippen LogP) is 3.13. The minimum absolute atomic E-state index is 0.00282. The Kier molecular flexibility index (Phi) is 4.95. The van der Waals surface area contributed by atoms with Crippen LogP contribution in [0.25, 0.3) is 0 Å². The van der Waals surface area contributed by atoms with Gasteiger partial charge in [0.2, 0.25) is 11.7 Å². The number of H-pyrrole nitrogens is 1. The number of aromatic amines is 1. The lowest BCUT2D eigenvalue weighted by Gasteiger charge is -2.07. The molecule has 5 nitrogen and oxygen atoms in total. The van der Waals surface area contributed by atoms with E-state index in [1.807, 2.05) is 0 Å². The molecule has 0 bridgehead atoms. The summed E-state index contributed by atoms with van der Waals surface area (Å²) >= 11 is 0.954. The summed E-state index contributed by atoms with van der Waals surface area (Å²) in [7, 11) is 0. The summed E-state index contributed by atoms with van der Waals surface area (Å²) in [6, 6.07) is 12.7. The second kappa shape index (κ2) is 7.31. The lowest BCUT2D eigenvalue weighted by molar-refractivity contribution is 0.0917. The van der Waals surface area contributed by atoms with E-state index in [0.29, 0.717) is 17.0 Å². The monoisotopic (exact) mass is 359 g/mol. The molecular formula is C18H14FNO4S. The molecule has 0 saturated heterocycles. The number of hydrogen-bond acceptors (Lipinski definition) is 5. The lowest BCUT2D eigenvalue weighted by Crippen LogP contribution is -2.13. The molecule has 0 unspecified atom stereocenters. The second-order valence-corrected chi connectivity index (χ2v) is 6.37. The third kappa shape index (κ3) is 4.13. The number of ketones is 1. The molecule has 3 rings (SSSR count). The molecule has 0 aliphatic carbocycles. The van der Waals surface area contributed by atoms with Gasteiger partial charge in [0.15, 0.2) is 6.61 Å². The molecule has 0 aliphatic rings. The molecule has 0 radical (unpaired) electrons. The van der Waals surface area contributed by atoms with Crippen LogP contribution >= 0.6 is 11.3 Å². The minimum atomic E-state index is -0.572. The summed E-state index contributed by atoms with van der Waals surface area (Å²) in [5.41, 5.74) is 0.871. The van der Waals surface area contributed by atoms with Gasteiger partial charge in [-0.3, -0.25) is 14.6 Å². The Morgan fingerprint density at radius 1 is 1.16 bits per heavy atom. The number of nitrogens with one attached hydrogen (secondary N) is 1. The fourth-order valence-corrected chi connectivity index (χ4v) is 3.03. The molecule has 7 heteroatoms. The first-order chi connectivity index (χ1) is 12.0. The van der Waals surface area contributed by atoms with Crippen molar-refractivity contribution in [2.45, 2.75) is 6.42 Å². The maximum Gasteiger partial charge on any atom is 0.307 e. The quantitative estimate of drug-likeness (QED) is 0.663. The van der Waals surface area contributed by atoms with Gasteiger partial charge in [0, 0.05) is 6.42 Å². The van der Waals surface area contributed by atoms with Crippen molar-refractivity contribution in [2.75, 3.05) is 6.61 Å². The summed E-state index contributed by atoms with van der Waals surface area (Å²) in [6.07, 6.45) is 0.406. The SMILES string of the molecule is O=C(COc1ccc(Cc2sc(=O)[nH]c2O)cc1)c1ccccc1F. The lowest BCUT2D eigenvalue weighted by atomic mass is 10.1. The Morgan fingerprint density at radius 2 is 1.88 bits per heavy atom. The zero-order chi connectivity index (χ0) is 17.8. The van der Waals surface area contributed by atoms with E-state index in [0.717, 1.165) is 16.9 Å². The van der Waals surface area contributed by atoms with Crippen LogP contribution in [-0.4, -0.2) is 22.5 Å². The number of rotatable bonds is 6. The molecule has 1 heterocycles. The first-order valence-corrected chi connectivity index (χ1v) is 8.25. The molecule has 25 heavy (non-hydrogen) atoms. The highest BCUT2D eigenvalue weighted by Gasteiger charge is 2.12. The molecule has 128 valence electrons. The fraction of sp³-hybridized carbons (Fsp3) is 0.111. The molecule has 0 amide bonds. The summed E-state index contributed by atoms with van der Waals surface area (Å²) in [6.45, 7) is -0.263. The second-order valence-electron chi connectivity index (χ2n) is 5.30. The molecule has 0 saturated carbocycles. The van der Waals surface area contributed by atoms with Gasteiger partial charge in [0.05, 0.1) is 10.4 Å². The number of carbonyl (C=O) groups is 1. The third-order valence-electron chi connectivity index (χ3n) is 3.53. The number of halogens is 1. The summed E-state index contributed by atoms with van der Waals surface area (Å²) in [4.78, 5) is 25.7. The van der Waals surface area contributed by atoms with Gasteiger partial charge in [0.25, 0.3) is 0 Å². The molecular weight excluding hydrogens is 345 g/mol. The summed E-state index contributed by atoms with van der Waals surface area (Å²) < 4.78 is 18.9. The highest BCUT2D eigenvalue weighted by Crippen LogP contribution is 2.22. The Morgan fingerprint density at radius 3 is 2.52 bits per heavy atom. The van der Waals surface area contributed by atoms with E-state index in [9.17, 15) is 19.1 Å². The predicted molar refractivity (Wildman–Crippen MR) is 92.1 cm³/mol. The van der Waals surface area contributed by atoms with Gasteiger partial charge in [-0.25, -0.2) is 4.39 Å². The van der Waals surface area contributed by atoms with Gasteiger partial charge in [-0.15, -0.1) is 0 Å². The van der Waals surface area contributed by atoms with Crippen molar-refractivity contribution in [3.8, 4) is 11.6 Å². The Balaban J connectivity index is 1.61. The van der Waals surface area contributed by atoms with E-state index in [1.165, 1.54) is 18.2 Å². The van der Waals surface area contributed by atoms with Crippen molar-refractivity contribution in [2.24, 2.45) is 0 Å². The molecule has 3 aromatic rings. The van der Waals surface area contributed by atoms with Crippen molar-refractivity contribution in [1.82, 2.24) is 4.98 Å². The topological polar surface area (TPSA) is 79.4 Å². The number of aromatic nitrogens is 1. The molecule has 2 aromatic carbocycles. The van der Waals surface area contributed by atoms with Gasteiger partial charge in [-0.1, -0.05) is 35.6 Å². The standard InChI is InChI=1S/C18H14FNO4S/c19-14-4-2-1-3-13(14)15(21)10-24-12-7-5-11(6-8-12)9-16-17(22)20-18(23)25-16/h1-8,22H,9-10H2,(H,20,23). The zero-order valence-electron chi connectivity index (χ0n) is 13.0. The Hall–Kier alpha value is -2.93. The van der Waals surface area contributed by atoms with Gasteiger partial charge >= 0.3 is 4.87 Å². The van der Waals surface area contributed by atoms with Crippen LogP contribution in [0.5, 0.6) is 11.6 Å². The number of benzene rings is 2. The third-order valence-corrected chi connectivity index (χ3v) is 4.40. The van der Waals surface area contributed by atoms with Crippen LogP contribution in [0.15, 0.2) is 53.3 Å². The number of hydrogen-bond donors (Lipinski definition) is 2. The smallest absolute Gasteiger partial charge is 0.307 e. The summed E-state index contributed by atoms with van der Waals surface area (Å²) in [5.74, 6) is -0.660. The molecule has 2 N–H and O–H groups in total. The number of ether oxygens (including phenoxy) is 1. The van der Waals surface area contributed by atoms with Gasteiger partial charge in [-0.05, 0) is 29.8 Å². The van der Waals surface area contributed by atoms with E-state index < -0.39 is 11.6 Å². The first-order valence-electron chi connectivity index (χ1n) is 7.43. The van der Waals surface area contributed by atoms with Crippen molar-refractivity contribution in [1.29, 1.82) is 0 Å². The van der Waals surface area contributed by atoms with Crippen LogP contribution < -0.4 is 9.61 Å². The highest BCUT2D eigenvalue weighted by molar-refractivity contribution is 7.09. The molecule has 0 fully saturated rings. The maximum absolute atomic E-state index is 13.5. The van der Waals surface area contributed by atoms with Gasteiger partial charge in [0.1, 0.15) is 11.6 Å². The van der Waals surface area contributed by atoms with Crippen molar-refractivity contribution in [3.05, 3.63) is 80.0 Å². The average Bonchev–Trinajstić information content (AvgIpc) is 2.91. The largest absolute Gasteiger partial charge is 0.494 e. The van der Waals surface area contributed by atoms with Crippen LogP contribution in [0, 0.1) is 5.82 Å². The van der Waals surface area contributed by atoms with Crippen molar-refractivity contribution < 1.29 is 19.0 Å².